The van der Waals surface area contributed by atoms with Gasteiger partial charge in [-0.2, -0.15) is 0 Å². The van der Waals surface area contributed by atoms with Gasteiger partial charge in [0.15, 0.2) is 5.82 Å². The number of amides is 2. The van der Waals surface area contributed by atoms with Gasteiger partial charge >= 0.3 is 5.97 Å². The molecule has 59 heavy (non-hydrogen) atoms. The molecule has 6 heterocycles. The number of allylic oxidation sites excluding steroid dienone is 2. The van der Waals surface area contributed by atoms with E-state index >= 15 is 4.79 Å². The molecule has 0 bridgehead atoms. The summed E-state index contributed by atoms with van der Waals surface area (Å²) < 4.78 is 5.07. The molecule has 13 heteroatoms. The molecule has 5 aromatic rings. The number of hydrogen-bond acceptors (Lipinski definition) is 7. The lowest BCUT2D eigenvalue weighted by atomic mass is 9.82. The number of piperidine rings is 2. The molecule has 10 nitrogen and oxygen atoms in total. The zero-order valence-electron chi connectivity index (χ0n) is 32.7. The molecule has 0 aliphatic carbocycles. The van der Waals surface area contributed by atoms with E-state index in [1.54, 1.807) is 12.1 Å². The van der Waals surface area contributed by atoms with Crippen LogP contribution < -0.4 is 10.2 Å². The number of H-pyrrole nitrogens is 1. The van der Waals surface area contributed by atoms with Crippen LogP contribution in [0.4, 0.5) is 11.5 Å². The second-order valence-electron chi connectivity index (χ2n) is 15.7. The summed E-state index contributed by atoms with van der Waals surface area (Å²) >= 11 is 20.4. The summed E-state index contributed by atoms with van der Waals surface area (Å²) in [7, 11) is 1.32. The predicted octanol–water partition coefficient (Wildman–Crippen LogP) is 10.4. The van der Waals surface area contributed by atoms with Gasteiger partial charge in [0.25, 0.3) is 5.91 Å². The van der Waals surface area contributed by atoms with E-state index in [1.807, 2.05) is 47.4 Å². The highest BCUT2D eigenvalue weighted by Gasteiger charge is 2.41. The highest BCUT2D eigenvalue weighted by Crippen LogP contribution is 2.53. The summed E-state index contributed by atoms with van der Waals surface area (Å²) in [5, 5.41) is 5.57. The van der Waals surface area contributed by atoms with Gasteiger partial charge < -0.3 is 29.7 Å². The summed E-state index contributed by atoms with van der Waals surface area (Å²) in [4.78, 5) is 55.3. The van der Waals surface area contributed by atoms with Crippen LogP contribution >= 0.6 is 34.8 Å². The van der Waals surface area contributed by atoms with Crippen molar-refractivity contribution >= 4 is 86.3 Å². The number of carbonyl (C=O) groups excluding carboxylic acids is 3. The number of benzene rings is 3. The van der Waals surface area contributed by atoms with Gasteiger partial charge in [-0.25, -0.2) is 9.78 Å². The Labute approximate surface area is 357 Å². The minimum absolute atomic E-state index is 0.0698. The molecule has 0 radical (unpaired) electrons. The van der Waals surface area contributed by atoms with Crippen molar-refractivity contribution in [3.63, 3.8) is 0 Å². The van der Waals surface area contributed by atoms with E-state index in [-0.39, 0.29) is 23.4 Å². The molecule has 0 spiro atoms. The van der Waals surface area contributed by atoms with Gasteiger partial charge in [0, 0.05) is 76.0 Å². The maximum Gasteiger partial charge on any atom is 0.339 e. The van der Waals surface area contributed by atoms with Crippen molar-refractivity contribution in [1.29, 1.82) is 0 Å². The number of aromatic amines is 1. The average Bonchev–Trinajstić information content (AvgIpc) is 3.53. The lowest BCUT2D eigenvalue weighted by Gasteiger charge is -2.41. The van der Waals surface area contributed by atoms with Crippen molar-refractivity contribution in [3.05, 3.63) is 134 Å². The first-order valence-electron chi connectivity index (χ1n) is 20.1. The van der Waals surface area contributed by atoms with Crippen molar-refractivity contribution in [1.82, 2.24) is 19.8 Å². The third-order valence-electron chi connectivity index (χ3n) is 12.1. The van der Waals surface area contributed by atoms with E-state index in [2.05, 4.69) is 51.4 Å². The van der Waals surface area contributed by atoms with Crippen LogP contribution in [-0.4, -0.2) is 70.3 Å². The summed E-state index contributed by atoms with van der Waals surface area (Å²) in [5.41, 5.74) is 7.03. The normalized spacial score (nSPS) is 19.5. The molecule has 2 fully saturated rings. The van der Waals surface area contributed by atoms with Gasteiger partial charge in [0.1, 0.15) is 5.69 Å². The molecule has 302 valence electrons. The second-order valence-corrected chi connectivity index (χ2v) is 17.0. The molecule has 4 aliphatic heterocycles. The number of nitrogens with zero attached hydrogens (tertiary/aromatic N) is 4. The molecule has 4 aliphatic rings. The summed E-state index contributed by atoms with van der Waals surface area (Å²) in [6, 6.07) is 21.0. The van der Waals surface area contributed by atoms with Crippen LogP contribution in [0.15, 0.2) is 85.2 Å². The van der Waals surface area contributed by atoms with Gasteiger partial charge in [0.05, 0.1) is 30.1 Å². The van der Waals surface area contributed by atoms with Crippen LogP contribution in [0, 0.1) is 5.92 Å². The minimum atomic E-state index is -0.568. The van der Waals surface area contributed by atoms with Gasteiger partial charge in [-0.1, -0.05) is 84.2 Å². The number of aromatic nitrogens is 2. The van der Waals surface area contributed by atoms with Gasteiger partial charge in [-0.05, 0) is 90.6 Å². The Hall–Kier alpha value is -5.29. The Morgan fingerprint density at radius 1 is 0.932 bits per heavy atom. The standard InChI is InChI=1S/C46H43Cl3N6O4/c1-26-9-8-18-55-42(32-14-13-29(47)23-34(32)49)33-22-30(48)24-35-39(33)40(43(55)38(26)27-10-4-3-5-11-27)41(51-35)45(57)52-36-21-28(46(58)59-2)25-50-44(36)53-19-15-31(16-20-53)54-17-7-6-12-37(54)56/h3-5,8,10-11,13-14,18,21-26,31,42,51H,6-7,9,12,15-17,19-20H2,1-2H3,(H,52,57). The van der Waals surface area contributed by atoms with Crippen molar-refractivity contribution in [2.45, 2.75) is 57.5 Å². The van der Waals surface area contributed by atoms with E-state index < -0.39 is 17.9 Å². The number of hydrogen-bond donors (Lipinski definition) is 2. The topological polar surface area (TPSA) is 111 Å². The molecular weight excluding hydrogens is 807 g/mol. The summed E-state index contributed by atoms with van der Waals surface area (Å²) in [6.07, 6.45) is 10.6. The number of fused-ring (bicyclic) bond motifs is 2. The smallest absolute Gasteiger partial charge is 0.339 e. The first-order valence-corrected chi connectivity index (χ1v) is 21.2. The quantitative estimate of drug-likeness (QED) is 0.157. The number of likely N-dealkylation sites (tertiary alicyclic amines) is 1. The van der Waals surface area contributed by atoms with Crippen molar-refractivity contribution in [2.24, 2.45) is 5.92 Å². The molecule has 0 saturated carbocycles. The Balaban J connectivity index is 1.19. The van der Waals surface area contributed by atoms with Crippen LogP contribution in [0.2, 0.25) is 15.1 Å². The Morgan fingerprint density at radius 2 is 1.73 bits per heavy atom. The number of rotatable bonds is 7. The number of pyridine rings is 1. The number of esters is 1. The lowest BCUT2D eigenvalue weighted by Crippen LogP contribution is -2.49. The fourth-order valence-corrected chi connectivity index (χ4v) is 10.2. The van der Waals surface area contributed by atoms with Gasteiger partial charge in [-0.15, -0.1) is 0 Å². The van der Waals surface area contributed by atoms with Crippen LogP contribution in [0.25, 0.3) is 22.2 Å². The largest absolute Gasteiger partial charge is 0.465 e. The Kier molecular flexibility index (Phi) is 10.7. The first-order chi connectivity index (χ1) is 28.6. The highest BCUT2D eigenvalue weighted by atomic mass is 35.5. The van der Waals surface area contributed by atoms with E-state index in [4.69, 9.17) is 44.5 Å². The molecule has 2 unspecified atom stereocenters. The van der Waals surface area contributed by atoms with Gasteiger partial charge in [-0.3, -0.25) is 9.59 Å². The first kappa shape index (κ1) is 39.2. The van der Waals surface area contributed by atoms with Crippen LogP contribution in [0.5, 0.6) is 0 Å². The minimum Gasteiger partial charge on any atom is -0.465 e. The number of carbonyl (C=O) groups is 3. The van der Waals surface area contributed by atoms with Crippen LogP contribution in [-0.2, 0) is 9.53 Å². The fraction of sp³-hybridized carbons (Fsp3) is 0.304. The third-order valence-corrected chi connectivity index (χ3v) is 12.9. The highest BCUT2D eigenvalue weighted by molar-refractivity contribution is 6.35. The summed E-state index contributed by atoms with van der Waals surface area (Å²) in [5.74, 6) is -0.153. The molecule has 3 aromatic carbocycles. The number of halogens is 3. The van der Waals surface area contributed by atoms with E-state index in [9.17, 15) is 9.59 Å². The third kappa shape index (κ3) is 7.15. The van der Waals surface area contributed by atoms with Crippen molar-refractivity contribution in [2.75, 3.05) is 37.0 Å². The predicted molar refractivity (Wildman–Crippen MR) is 234 cm³/mol. The van der Waals surface area contributed by atoms with Crippen molar-refractivity contribution < 1.29 is 19.1 Å². The molecule has 2 saturated heterocycles. The molecule has 2 atom stereocenters. The SMILES string of the molecule is COC(=O)c1cnc(N2CCC(N3CCCCC3=O)CC2)c(NC(=O)c2[nH]c3cc(Cl)cc4c3c2C2=C(c3ccccc3)C(C)CC=CN2C4c2ccc(Cl)cc2Cl)c1. The average molecular weight is 850 g/mol. The zero-order valence-corrected chi connectivity index (χ0v) is 35.0. The maximum atomic E-state index is 15.1. The monoisotopic (exact) mass is 848 g/mol. The van der Waals surface area contributed by atoms with E-state index in [0.29, 0.717) is 57.3 Å². The molecule has 9 rings (SSSR count). The van der Waals surface area contributed by atoms with E-state index in [0.717, 1.165) is 77.6 Å². The maximum absolute atomic E-state index is 15.1. The van der Waals surface area contributed by atoms with E-state index in [1.165, 1.54) is 13.3 Å². The Morgan fingerprint density at radius 3 is 2.47 bits per heavy atom. The molecule has 2 N–H and O–H groups in total. The number of methoxy groups -OCH3 is 1. The van der Waals surface area contributed by atoms with Crippen LogP contribution in [0.3, 0.4) is 0 Å². The second kappa shape index (κ2) is 16.0. The number of anilines is 2. The zero-order chi connectivity index (χ0) is 40.9. The lowest BCUT2D eigenvalue weighted by molar-refractivity contribution is -0.136. The molecule has 2 aromatic heterocycles. The number of nitrogens with one attached hydrogen (secondary N) is 2. The number of ether oxygens (including phenoxy) is 1. The van der Waals surface area contributed by atoms with Crippen molar-refractivity contribution in [3.8, 4) is 0 Å². The molecular formula is C46H43Cl3N6O4. The van der Waals surface area contributed by atoms with Crippen LogP contribution in [0.1, 0.15) is 94.6 Å². The fourth-order valence-electron chi connectivity index (χ4n) is 9.42. The molecule has 2 amide bonds. The Bertz CT molecular complexity index is 2560. The summed E-state index contributed by atoms with van der Waals surface area (Å²) in [6.45, 7) is 4.25. The van der Waals surface area contributed by atoms with Gasteiger partial charge in [0.2, 0.25) is 5.91 Å².